The standard InChI is InChI=1S/C15H19N3OS/c1-16-6-2-5-14(16)15(19)18-9-7-17(8-10-18)12-13-4-3-11-20-13/h2-6,11H,7-10,12H2,1H3. The summed E-state index contributed by atoms with van der Waals surface area (Å²) in [5.74, 6) is 0.147. The molecule has 0 radical (unpaired) electrons. The molecular formula is C15H19N3OS. The molecule has 1 aliphatic heterocycles. The van der Waals surface area contributed by atoms with Crippen LogP contribution in [-0.2, 0) is 13.6 Å². The molecule has 0 bridgehead atoms. The summed E-state index contributed by atoms with van der Waals surface area (Å²) < 4.78 is 1.89. The fourth-order valence-electron chi connectivity index (χ4n) is 2.58. The second-order valence-electron chi connectivity index (χ2n) is 5.15. The van der Waals surface area contributed by atoms with Crippen LogP contribution in [0.1, 0.15) is 15.4 Å². The second-order valence-corrected chi connectivity index (χ2v) is 6.18. The lowest BCUT2D eigenvalue weighted by Gasteiger charge is -2.34. The SMILES string of the molecule is Cn1cccc1C(=O)N1CCN(Cc2cccs2)CC1. The van der Waals surface area contributed by atoms with Crippen molar-refractivity contribution in [2.24, 2.45) is 7.05 Å². The Bertz CT molecular complexity index is 568. The number of nitrogens with zero attached hydrogens (tertiary/aromatic N) is 3. The summed E-state index contributed by atoms with van der Waals surface area (Å²) in [5, 5.41) is 2.12. The zero-order chi connectivity index (χ0) is 13.9. The molecule has 2 aromatic heterocycles. The van der Waals surface area contributed by atoms with Gasteiger partial charge in [0, 0.05) is 50.8 Å². The third-order valence-electron chi connectivity index (χ3n) is 3.78. The van der Waals surface area contributed by atoms with E-state index in [1.54, 1.807) is 11.3 Å². The molecule has 1 saturated heterocycles. The minimum absolute atomic E-state index is 0.147. The van der Waals surface area contributed by atoms with E-state index < -0.39 is 0 Å². The lowest BCUT2D eigenvalue weighted by Crippen LogP contribution is -2.48. The van der Waals surface area contributed by atoms with E-state index in [1.165, 1.54) is 4.88 Å². The number of carbonyl (C=O) groups excluding carboxylic acids is 1. The van der Waals surface area contributed by atoms with Gasteiger partial charge in [-0.25, -0.2) is 0 Å². The summed E-state index contributed by atoms with van der Waals surface area (Å²) in [6.07, 6.45) is 1.92. The molecular weight excluding hydrogens is 270 g/mol. The first-order chi connectivity index (χ1) is 9.74. The molecule has 3 rings (SSSR count). The molecule has 0 spiro atoms. The average Bonchev–Trinajstić information content (AvgIpc) is 3.10. The predicted octanol–water partition coefficient (Wildman–Crippen LogP) is 2.04. The minimum atomic E-state index is 0.147. The van der Waals surface area contributed by atoms with Crippen molar-refractivity contribution in [1.82, 2.24) is 14.4 Å². The van der Waals surface area contributed by atoms with Crippen LogP contribution in [0.2, 0.25) is 0 Å². The van der Waals surface area contributed by atoms with Gasteiger partial charge in [0.25, 0.3) is 5.91 Å². The quantitative estimate of drug-likeness (QED) is 0.865. The highest BCUT2D eigenvalue weighted by atomic mass is 32.1. The largest absolute Gasteiger partial charge is 0.347 e. The molecule has 0 N–H and O–H groups in total. The van der Waals surface area contributed by atoms with E-state index in [1.807, 2.05) is 34.8 Å². The molecule has 106 valence electrons. The molecule has 2 aromatic rings. The number of thiophene rings is 1. The van der Waals surface area contributed by atoms with Gasteiger partial charge >= 0.3 is 0 Å². The van der Waals surface area contributed by atoms with Gasteiger partial charge in [-0.1, -0.05) is 6.07 Å². The number of rotatable bonds is 3. The Labute approximate surface area is 123 Å². The molecule has 0 atom stereocenters. The van der Waals surface area contributed by atoms with Crippen LogP contribution in [0.15, 0.2) is 35.8 Å². The van der Waals surface area contributed by atoms with Crippen molar-refractivity contribution < 1.29 is 4.79 Å². The lowest BCUT2D eigenvalue weighted by molar-refractivity contribution is 0.0620. The van der Waals surface area contributed by atoms with Crippen LogP contribution in [0.4, 0.5) is 0 Å². The van der Waals surface area contributed by atoms with Crippen molar-refractivity contribution in [3.8, 4) is 0 Å². The van der Waals surface area contributed by atoms with Crippen LogP contribution in [0.3, 0.4) is 0 Å². The molecule has 0 unspecified atom stereocenters. The molecule has 0 saturated carbocycles. The monoisotopic (exact) mass is 289 g/mol. The Kier molecular flexibility index (Phi) is 3.89. The highest BCUT2D eigenvalue weighted by molar-refractivity contribution is 7.09. The van der Waals surface area contributed by atoms with Crippen molar-refractivity contribution in [2.45, 2.75) is 6.54 Å². The molecule has 20 heavy (non-hydrogen) atoms. The molecule has 0 aliphatic carbocycles. The van der Waals surface area contributed by atoms with E-state index >= 15 is 0 Å². The third kappa shape index (κ3) is 2.78. The number of aromatic nitrogens is 1. The first kappa shape index (κ1) is 13.4. The van der Waals surface area contributed by atoms with E-state index in [0.717, 1.165) is 38.4 Å². The zero-order valence-electron chi connectivity index (χ0n) is 11.7. The summed E-state index contributed by atoms with van der Waals surface area (Å²) >= 11 is 1.80. The minimum Gasteiger partial charge on any atom is -0.347 e. The van der Waals surface area contributed by atoms with Crippen LogP contribution in [0.25, 0.3) is 0 Å². The van der Waals surface area contributed by atoms with Crippen LogP contribution in [0.5, 0.6) is 0 Å². The Hall–Kier alpha value is -1.59. The smallest absolute Gasteiger partial charge is 0.270 e. The second kappa shape index (κ2) is 5.81. The van der Waals surface area contributed by atoms with Crippen molar-refractivity contribution >= 4 is 17.2 Å². The number of amides is 1. The van der Waals surface area contributed by atoms with Gasteiger partial charge in [-0.3, -0.25) is 9.69 Å². The van der Waals surface area contributed by atoms with Gasteiger partial charge in [0.15, 0.2) is 0 Å². The van der Waals surface area contributed by atoms with Crippen molar-refractivity contribution in [1.29, 1.82) is 0 Å². The number of piperazine rings is 1. The molecule has 4 nitrogen and oxygen atoms in total. The number of aryl methyl sites for hydroxylation is 1. The van der Waals surface area contributed by atoms with E-state index in [9.17, 15) is 4.79 Å². The van der Waals surface area contributed by atoms with E-state index in [4.69, 9.17) is 0 Å². The Morgan fingerprint density at radius 1 is 1.20 bits per heavy atom. The molecule has 3 heterocycles. The van der Waals surface area contributed by atoms with Gasteiger partial charge in [0.1, 0.15) is 5.69 Å². The van der Waals surface area contributed by atoms with Crippen molar-refractivity contribution in [3.05, 3.63) is 46.4 Å². The number of hydrogen-bond donors (Lipinski definition) is 0. The van der Waals surface area contributed by atoms with Gasteiger partial charge in [0.2, 0.25) is 0 Å². The van der Waals surface area contributed by atoms with Crippen molar-refractivity contribution in [2.75, 3.05) is 26.2 Å². The predicted molar refractivity (Wildman–Crippen MR) is 80.9 cm³/mol. The normalized spacial score (nSPS) is 16.6. The highest BCUT2D eigenvalue weighted by Gasteiger charge is 2.23. The van der Waals surface area contributed by atoms with E-state index in [0.29, 0.717) is 0 Å². The van der Waals surface area contributed by atoms with Crippen molar-refractivity contribution in [3.63, 3.8) is 0 Å². The van der Waals surface area contributed by atoms with Gasteiger partial charge in [0.05, 0.1) is 0 Å². The lowest BCUT2D eigenvalue weighted by atomic mass is 10.2. The fraction of sp³-hybridized carbons (Fsp3) is 0.400. The maximum atomic E-state index is 12.4. The maximum Gasteiger partial charge on any atom is 0.270 e. The van der Waals surface area contributed by atoms with Crippen LogP contribution in [0, 0.1) is 0 Å². The average molecular weight is 289 g/mol. The summed E-state index contributed by atoms with van der Waals surface area (Å²) in [7, 11) is 1.92. The molecule has 1 fully saturated rings. The summed E-state index contributed by atoms with van der Waals surface area (Å²) in [6.45, 7) is 4.54. The Balaban J connectivity index is 1.56. The summed E-state index contributed by atoms with van der Waals surface area (Å²) in [4.78, 5) is 18.2. The molecule has 5 heteroatoms. The molecule has 1 amide bonds. The fourth-order valence-corrected chi connectivity index (χ4v) is 3.32. The topological polar surface area (TPSA) is 28.5 Å². The molecule has 0 aromatic carbocycles. The van der Waals surface area contributed by atoms with E-state index in [-0.39, 0.29) is 5.91 Å². The third-order valence-corrected chi connectivity index (χ3v) is 4.64. The highest BCUT2D eigenvalue weighted by Crippen LogP contribution is 2.14. The van der Waals surface area contributed by atoms with Crippen LogP contribution < -0.4 is 0 Å². The van der Waals surface area contributed by atoms with E-state index in [2.05, 4.69) is 22.4 Å². The number of hydrogen-bond acceptors (Lipinski definition) is 3. The van der Waals surface area contributed by atoms with Gasteiger partial charge in [-0.2, -0.15) is 0 Å². The summed E-state index contributed by atoms with van der Waals surface area (Å²) in [6, 6.07) is 8.07. The first-order valence-electron chi connectivity index (χ1n) is 6.89. The zero-order valence-corrected chi connectivity index (χ0v) is 12.5. The van der Waals surface area contributed by atoms with Crippen LogP contribution in [-0.4, -0.2) is 46.5 Å². The van der Waals surface area contributed by atoms with Gasteiger partial charge in [-0.15, -0.1) is 11.3 Å². The first-order valence-corrected chi connectivity index (χ1v) is 7.77. The van der Waals surface area contributed by atoms with Gasteiger partial charge < -0.3 is 9.47 Å². The molecule has 1 aliphatic rings. The summed E-state index contributed by atoms with van der Waals surface area (Å²) in [5.41, 5.74) is 0.775. The number of carbonyl (C=O) groups is 1. The maximum absolute atomic E-state index is 12.4. The van der Waals surface area contributed by atoms with Crippen LogP contribution >= 0.6 is 11.3 Å². The Morgan fingerprint density at radius 3 is 2.60 bits per heavy atom. The van der Waals surface area contributed by atoms with Gasteiger partial charge in [-0.05, 0) is 23.6 Å². The Morgan fingerprint density at radius 2 is 2.00 bits per heavy atom.